The summed E-state index contributed by atoms with van der Waals surface area (Å²) in [5, 5.41) is 3.53. The number of hydrogen-bond donors (Lipinski definition) is 1. The van der Waals surface area contributed by atoms with Crippen LogP contribution < -0.4 is 10.2 Å². The van der Waals surface area contributed by atoms with Crippen LogP contribution in [-0.2, 0) is 6.54 Å². The van der Waals surface area contributed by atoms with Gasteiger partial charge in [-0.15, -0.1) is 0 Å². The van der Waals surface area contributed by atoms with Gasteiger partial charge in [-0.1, -0.05) is 67.4 Å². The van der Waals surface area contributed by atoms with Crippen LogP contribution in [0.4, 0.5) is 11.8 Å². The summed E-state index contributed by atoms with van der Waals surface area (Å²) in [4.78, 5) is 14.1. The second kappa shape index (κ2) is 9.48. The van der Waals surface area contributed by atoms with Gasteiger partial charge < -0.3 is 10.2 Å². The van der Waals surface area contributed by atoms with Gasteiger partial charge in [0.05, 0.1) is 6.04 Å². The summed E-state index contributed by atoms with van der Waals surface area (Å²) < 4.78 is 0. The van der Waals surface area contributed by atoms with E-state index in [1.165, 1.54) is 42.4 Å². The Kier molecular flexibility index (Phi) is 6.12. The number of aromatic nitrogens is 2. The molecule has 160 valence electrons. The summed E-state index contributed by atoms with van der Waals surface area (Å²) in [6.07, 6.45) is 7.08. The SMILES string of the molecule is c1ccc(-c2ccc(CN3CC(Nc4nccc(N5CCCCCC5)n4)C3)cc2)cc1. The molecule has 0 radical (unpaired) electrons. The maximum absolute atomic E-state index is 4.79. The van der Waals surface area contributed by atoms with E-state index < -0.39 is 0 Å². The molecule has 31 heavy (non-hydrogen) atoms. The first kappa shape index (κ1) is 20.0. The van der Waals surface area contributed by atoms with Gasteiger partial charge in [0.15, 0.2) is 0 Å². The number of hydrogen-bond acceptors (Lipinski definition) is 5. The highest BCUT2D eigenvalue weighted by Gasteiger charge is 2.27. The quantitative estimate of drug-likeness (QED) is 0.628. The molecule has 2 saturated heterocycles. The largest absolute Gasteiger partial charge is 0.356 e. The maximum Gasteiger partial charge on any atom is 0.224 e. The molecule has 2 aliphatic heterocycles. The fourth-order valence-electron chi connectivity index (χ4n) is 4.56. The minimum atomic E-state index is 0.419. The Bertz CT molecular complexity index is 959. The first-order valence-electron chi connectivity index (χ1n) is 11.5. The van der Waals surface area contributed by atoms with Crippen LogP contribution >= 0.6 is 0 Å². The average Bonchev–Trinajstić information content (AvgIpc) is 3.09. The van der Waals surface area contributed by atoms with Gasteiger partial charge in [0.2, 0.25) is 5.95 Å². The van der Waals surface area contributed by atoms with Gasteiger partial charge in [-0.2, -0.15) is 4.98 Å². The monoisotopic (exact) mass is 413 g/mol. The zero-order valence-electron chi connectivity index (χ0n) is 18.1. The van der Waals surface area contributed by atoms with Gasteiger partial charge in [0, 0.05) is 38.9 Å². The molecule has 3 heterocycles. The summed E-state index contributed by atoms with van der Waals surface area (Å²) in [5.41, 5.74) is 3.90. The van der Waals surface area contributed by atoms with E-state index in [-0.39, 0.29) is 0 Å². The van der Waals surface area contributed by atoms with E-state index in [0.717, 1.165) is 44.5 Å². The highest BCUT2D eigenvalue weighted by Crippen LogP contribution is 2.22. The minimum absolute atomic E-state index is 0.419. The van der Waals surface area contributed by atoms with Crippen LogP contribution in [0.5, 0.6) is 0 Å². The minimum Gasteiger partial charge on any atom is -0.356 e. The predicted molar refractivity (Wildman–Crippen MR) is 127 cm³/mol. The molecule has 1 N–H and O–H groups in total. The number of anilines is 2. The second-order valence-electron chi connectivity index (χ2n) is 8.74. The second-order valence-corrected chi connectivity index (χ2v) is 8.74. The Balaban J connectivity index is 1.12. The highest BCUT2D eigenvalue weighted by molar-refractivity contribution is 5.63. The molecule has 3 aromatic rings. The van der Waals surface area contributed by atoms with E-state index >= 15 is 0 Å². The summed E-state index contributed by atoms with van der Waals surface area (Å²) in [5.74, 6) is 1.83. The summed E-state index contributed by atoms with van der Waals surface area (Å²) >= 11 is 0. The zero-order valence-corrected chi connectivity index (χ0v) is 18.1. The van der Waals surface area contributed by atoms with E-state index in [1.54, 1.807) is 0 Å². The van der Waals surface area contributed by atoms with Crippen molar-refractivity contribution in [2.24, 2.45) is 0 Å². The topological polar surface area (TPSA) is 44.3 Å². The normalized spacial score (nSPS) is 17.7. The first-order chi connectivity index (χ1) is 15.3. The van der Waals surface area contributed by atoms with Crippen molar-refractivity contribution in [3.05, 3.63) is 72.4 Å². The van der Waals surface area contributed by atoms with Crippen LogP contribution in [0, 0.1) is 0 Å². The molecular formula is C26H31N5. The third-order valence-corrected chi connectivity index (χ3v) is 6.33. The van der Waals surface area contributed by atoms with Gasteiger partial charge in [0.1, 0.15) is 5.82 Å². The number of nitrogens with one attached hydrogen (secondary N) is 1. The number of nitrogens with zero attached hydrogens (tertiary/aromatic N) is 4. The zero-order chi connectivity index (χ0) is 20.9. The Morgan fingerprint density at radius 2 is 1.52 bits per heavy atom. The highest BCUT2D eigenvalue weighted by atomic mass is 15.3. The van der Waals surface area contributed by atoms with Crippen LogP contribution in [0.3, 0.4) is 0 Å². The van der Waals surface area contributed by atoms with Crippen molar-refractivity contribution in [3.8, 4) is 11.1 Å². The molecule has 2 fully saturated rings. The smallest absolute Gasteiger partial charge is 0.224 e. The molecule has 0 unspecified atom stereocenters. The Morgan fingerprint density at radius 1 is 0.806 bits per heavy atom. The summed E-state index contributed by atoms with van der Waals surface area (Å²) in [6.45, 7) is 5.25. The lowest BCUT2D eigenvalue weighted by Gasteiger charge is -2.39. The van der Waals surface area contributed by atoms with Gasteiger partial charge in [-0.05, 0) is 35.6 Å². The van der Waals surface area contributed by atoms with Crippen molar-refractivity contribution in [1.82, 2.24) is 14.9 Å². The van der Waals surface area contributed by atoms with Crippen LogP contribution in [0.1, 0.15) is 31.2 Å². The van der Waals surface area contributed by atoms with E-state index in [4.69, 9.17) is 4.98 Å². The third kappa shape index (κ3) is 5.05. The van der Waals surface area contributed by atoms with Gasteiger partial charge in [-0.25, -0.2) is 4.98 Å². The maximum atomic E-state index is 4.79. The standard InChI is InChI=1S/C26H31N5/c1-2-7-17-31(16-6-1)25-14-15-27-26(29-25)28-24-19-30(20-24)18-21-10-12-23(13-11-21)22-8-4-3-5-9-22/h3-5,8-15,24H,1-2,6-7,16-20H2,(H,27,28,29). The molecule has 1 aromatic heterocycles. The van der Waals surface area contributed by atoms with Crippen molar-refractivity contribution in [2.75, 3.05) is 36.4 Å². The lowest BCUT2D eigenvalue weighted by Crippen LogP contribution is -2.54. The van der Waals surface area contributed by atoms with Crippen LogP contribution in [0.2, 0.25) is 0 Å². The molecule has 0 aliphatic carbocycles. The van der Waals surface area contributed by atoms with Gasteiger partial charge in [0.25, 0.3) is 0 Å². The molecule has 5 nitrogen and oxygen atoms in total. The van der Waals surface area contributed by atoms with Crippen molar-refractivity contribution < 1.29 is 0 Å². The van der Waals surface area contributed by atoms with E-state index in [0.29, 0.717) is 6.04 Å². The first-order valence-corrected chi connectivity index (χ1v) is 11.5. The van der Waals surface area contributed by atoms with Crippen LogP contribution in [0.15, 0.2) is 66.9 Å². The number of likely N-dealkylation sites (tertiary alicyclic amines) is 1. The summed E-state index contributed by atoms with van der Waals surface area (Å²) in [7, 11) is 0. The molecule has 0 spiro atoms. The van der Waals surface area contributed by atoms with Crippen molar-refractivity contribution in [3.63, 3.8) is 0 Å². The lowest BCUT2D eigenvalue weighted by molar-refractivity contribution is 0.153. The fraction of sp³-hybridized carbons (Fsp3) is 0.385. The molecule has 5 heteroatoms. The Labute approximate surface area is 185 Å². The predicted octanol–water partition coefficient (Wildman–Crippen LogP) is 4.82. The fourth-order valence-corrected chi connectivity index (χ4v) is 4.56. The summed E-state index contributed by atoms with van der Waals surface area (Å²) in [6, 6.07) is 22.0. The molecule has 0 saturated carbocycles. The molecule has 0 bridgehead atoms. The van der Waals surface area contributed by atoms with E-state index in [9.17, 15) is 0 Å². The van der Waals surface area contributed by atoms with Crippen LogP contribution in [0.25, 0.3) is 11.1 Å². The van der Waals surface area contributed by atoms with Gasteiger partial charge in [-0.3, -0.25) is 4.90 Å². The number of benzene rings is 2. The van der Waals surface area contributed by atoms with Crippen molar-refractivity contribution in [2.45, 2.75) is 38.3 Å². The van der Waals surface area contributed by atoms with Gasteiger partial charge >= 0.3 is 0 Å². The molecule has 5 rings (SSSR count). The van der Waals surface area contributed by atoms with Crippen molar-refractivity contribution >= 4 is 11.8 Å². The molecule has 2 aromatic carbocycles. The molecule has 2 aliphatic rings. The molecule has 0 atom stereocenters. The van der Waals surface area contributed by atoms with E-state index in [1.807, 2.05) is 12.3 Å². The third-order valence-electron chi connectivity index (χ3n) is 6.33. The Hall–Kier alpha value is -2.92. The van der Waals surface area contributed by atoms with E-state index in [2.05, 4.69) is 74.7 Å². The molecule has 0 amide bonds. The van der Waals surface area contributed by atoms with Crippen LogP contribution in [-0.4, -0.2) is 47.1 Å². The number of rotatable bonds is 6. The van der Waals surface area contributed by atoms with Crippen molar-refractivity contribution in [1.29, 1.82) is 0 Å². The average molecular weight is 414 g/mol. The lowest BCUT2D eigenvalue weighted by atomic mass is 10.0. The Morgan fingerprint density at radius 3 is 2.26 bits per heavy atom. The molecular weight excluding hydrogens is 382 g/mol.